The molecule has 0 aromatic heterocycles. The van der Waals surface area contributed by atoms with Crippen molar-refractivity contribution in [1.82, 2.24) is 0 Å². The molecule has 2 rings (SSSR count). The van der Waals surface area contributed by atoms with Crippen LogP contribution in [0.2, 0.25) is 0 Å². The van der Waals surface area contributed by atoms with Crippen LogP contribution in [-0.4, -0.2) is 8.42 Å². The van der Waals surface area contributed by atoms with Gasteiger partial charge in [-0.1, -0.05) is 36.4 Å². The lowest BCUT2D eigenvalue weighted by atomic mass is 10.1. The lowest BCUT2D eigenvalue weighted by molar-refractivity contribution is 0.593. The normalized spacial score (nSPS) is 11.6. The quantitative estimate of drug-likeness (QED) is 0.835. The number of hydrogen-bond acceptors (Lipinski definition) is 2. The zero-order valence-corrected chi connectivity index (χ0v) is 12.5. The summed E-state index contributed by atoms with van der Waals surface area (Å²) in [5.74, 6) is 0. The van der Waals surface area contributed by atoms with Gasteiger partial charge in [0.25, 0.3) is 0 Å². The second kappa shape index (κ2) is 4.82. The maximum atomic E-state index is 12.9. The topological polar surface area (TPSA) is 34.1 Å². The van der Waals surface area contributed by atoms with Crippen molar-refractivity contribution in [3.05, 3.63) is 58.7 Å². The molecule has 0 heterocycles. The van der Waals surface area contributed by atoms with Crippen LogP contribution in [0.3, 0.4) is 0 Å². The molecule has 0 saturated carbocycles. The summed E-state index contributed by atoms with van der Waals surface area (Å²) in [6, 6.07) is 11.1. The molecule has 0 aliphatic heterocycles. The summed E-state index contributed by atoms with van der Waals surface area (Å²) in [6.45, 7) is 7.36. The summed E-state index contributed by atoms with van der Waals surface area (Å²) in [7, 11) is -3.46. The third-order valence-electron chi connectivity index (χ3n) is 3.35. The number of benzene rings is 2. The molecule has 0 bridgehead atoms. The highest BCUT2D eigenvalue weighted by atomic mass is 32.2. The molecule has 0 aliphatic carbocycles. The first-order chi connectivity index (χ1) is 8.85. The van der Waals surface area contributed by atoms with E-state index in [0.29, 0.717) is 9.79 Å². The highest BCUT2D eigenvalue weighted by molar-refractivity contribution is 7.91. The lowest BCUT2D eigenvalue weighted by Gasteiger charge is -2.14. The minimum Gasteiger partial charge on any atom is -0.218 e. The summed E-state index contributed by atoms with van der Waals surface area (Å²) in [5, 5.41) is 0. The minimum atomic E-state index is -3.46. The molecule has 0 amide bonds. The van der Waals surface area contributed by atoms with E-state index in [1.165, 1.54) is 0 Å². The number of hydrogen-bond donors (Lipinski definition) is 0. The van der Waals surface area contributed by atoms with Gasteiger partial charge in [0.15, 0.2) is 0 Å². The Morgan fingerprint density at radius 2 is 0.895 bits per heavy atom. The molecule has 2 aromatic carbocycles. The summed E-state index contributed by atoms with van der Waals surface area (Å²) < 4.78 is 25.8. The third kappa shape index (κ3) is 2.30. The van der Waals surface area contributed by atoms with Crippen LogP contribution in [0.4, 0.5) is 0 Å². The van der Waals surface area contributed by atoms with Crippen LogP contribution in [-0.2, 0) is 9.84 Å². The van der Waals surface area contributed by atoms with Gasteiger partial charge in [-0.3, -0.25) is 0 Å². The summed E-state index contributed by atoms with van der Waals surface area (Å²) in [4.78, 5) is 0.875. The van der Waals surface area contributed by atoms with Gasteiger partial charge in [-0.2, -0.15) is 0 Å². The predicted octanol–water partition coefficient (Wildman–Crippen LogP) is 3.75. The summed E-state index contributed by atoms with van der Waals surface area (Å²) in [5.41, 5.74) is 3.18. The number of sulfone groups is 1. The van der Waals surface area contributed by atoms with Crippen LogP contribution in [0.5, 0.6) is 0 Å². The molecule has 0 N–H and O–H groups in total. The fourth-order valence-electron chi connectivity index (χ4n) is 2.55. The van der Waals surface area contributed by atoms with E-state index in [1.54, 1.807) is 0 Å². The Balaban J connectivity index is 2.81. The Labute approximate surface area is 115 Å². The molecule has 0 fully saturated rings. The number of aryl methyl sites for hydroxylation is 4. The van der Waals surface area contributed by atoms with Crippen LogP contribution in [0, 0.1) is 27.7 Å². The average molecular weight is 274 g/mol. The van der Waals surface area contributed by atoms with Gasteiger partial charge in [0, 0.05) is 0 Å². The molecule has 0 unspecified atom stereocenters. The summed E-state index contributed by atoms with van der Waals surface area (Å²) >= 11 is 0. The molecule has 0 saturated heterocycles. The van der Waals surface area contributed by atoms with Crippen molar-refractivity contribution in [2.75, 3.05) is 0 Å². The van der Waals surface area contributed by atoms with E-state index in [0.717, 1.165) is 22.3 Å². The Hall–Kier alpha value is -1.61. The van der Waals surface area contributed by atoms with Crippen LogP contribution >= 0.6 is 0 Å². The lowest BCUT2D eigenvalue weighted by Crippen LogP contribution is -2.09. The molecule has 2 aromatic rings. The van der Waals surface area contributed by atoms with Crippen molar-refractivity contribution in [3.63, 3.8) is 0 Å². The Kier molecular flexibility index (Phi) is 3.50. The molecule has 0 aliphatic rings. The Morgan fingerprint density at radius 1 is 0.632 bits per heavy atom. The van der Waals surface area contributed by atoms with E-state index in [-0.39, 0.29) is 0 Å². The van der Waals surface area contributed by atoms with E-state index in [1.807, 2.05) is 64.1 Å². The van der Waals surface area contributed by atoms with Gasteiger partial charge in [-0.15, -0.1) is 0 Å². The highest BCUT2D eigenvalue weighted by Crippen LogP contribution is 2.30. The SMILES string of the molecule is Cc1cccc(C)c1S(=O)(=O)c1c(C)cccc1C. The zero-order valence-electron chi connectivity index (χ0n) is 11.7. The van der Waals surface area contributed by atoms with E-state index in [9.17, 15) is 8.42 Å². The van der Waals surface area contributed by atoms with E-state index < -0.39 is 9.84 Å². The van der Waals surface area contributed by atoms with Crippen molar-refractivity contribution < 1.29 is 8.42 Å². The molecule has 0 spiro atoms. The Morgan fingerprint density at radius 3 is 1.16 bits per heavy atom. The van der Waals surface area contributed by atoms with Crippen molar-refractivity contribution in [1.29, 1.82) is 0 Å². The summed E-state index contributed by atoms with van der Waals surface area (Å²) in [6.07, 6.45) is 0. The van der Waals surface area contributed by atoms with Crippen LogP contribution in [0.25, 0.3) is 0 Å². The van der Waals surface area contributed by atoms with Gasteiger partial charge in [-0.25, -0.2) is 8.42 Å². The fraction of sp³-hybridized carbons (Fsp3) is 0.250. The van der Waals surface area contributed by atoms with Gasteiger partial charge >= 0.3 is 0 Å². The van der Waals surface area contributed by atoms with Gasteiger partial charge in [0.05, 0.1) is 9.79 Å². The van der Waals surface area contributed by atoms with Crippen LogP contribution in [0.15, 0.2) is 46.2 Å². The van der Waals surface area contributed by atoms with E-state index >= 15 is 0 Å². The van der Waals surface area contributed by atoms with Crippen LogP contribution < -0.4 is 0 Å². The van der Waals surface area contributed by atoms with Gasteiger partial charge in [0.1, 0.15) is 0 Å². The first-order valence-electron chi connectivity index (χ1n) is 6.23. The first-order valence-corrected chi connectivity index (χ1v) is 7.71. The molecule has 3 heteroatoms. The van der Waals surface area contributed by atoms with E-state index in [4.69, 9.17) is 0 Å². The van der Waals surface area contributed by atoms with Crippen molar-refractivity contribution in [2.45, 2.75) is 37.5 Å². The molecule has 100 valence electrons. The predicted molar refractivity (Wildman–Crippen MR) is 77.3 cm³/mol. The fourth-order valence-corrected chi connectivity index (χ4v) is 4.72. The number of rotatable bonds is 2. The second-order valence-electron chi connectivity index (χ2n) is 4.95. The molecular weight excluding hydrogens is 256 g/mol. The second-order valence-corrected chi connectivity index (χ2v) is 6.77. The van der Waals surface area contributed by atoms with E-state index in [2.05, 4.69) is 0 Å². The largest absolute Gasteiger partial charge is 0.218 e. The maximum Gasteiger partial charge on any atom is 0.207 e. The molecule has 0 atom stereocenters. The highest BCUT2D eigenvalue weighted by Gasteiger charge is 2.25. The average Bonchev–Trinajstić information content (AvgIpc) is 2.27. The monoisotopic (exact) mass is 274 g/mol. The van der Waals surface area contributed by atoms with Crippen molar-refractivity contribution >= 4 is 9.84 Å². The van der Waals surface area contributed by atoms with Crippen molar-refractivity contribution in [2.24, 2.45) is 0 Å². The van der Waals surface area contributed by atoms with Crippen LogP contribution in [0.1, 0.15) is 22.3 Å². The van der Waals surface area contributed by atoms with Gasteiger partial charge in [0.2, 0.25) is 9.84 Å². The first kappa shape index (κ1) is 13.8. The van der Waals surface area contributed by atoms with Gasteiger partial charge in [-0.05, 0) is 49.9 Å². The maximum absolute atomic E-state index is 12.9. The molecule has 19 heavy (non-hydrogen) atoms. The Bertz CT molecular complexity index is 630. The zero-order chi connectivity index (χ0) is 14.2. The molecule has 2 nitrogen and oxygen atoms in total. The third-order valence-corrected chi connectivity index (χ3v) is 5.72. The molecular formula is C16H18O2S. The smallest absolute Gasteiger partial charge is 0.207 e. The van der Waals surface area contributed by atoms with Crippen molar-refractivity contribution in [3.8, 4) is 0 Å². The van der Waals surface area contributed by atoms with Gasteiger partial charge < -0.3 is 0 Å². The minimum absolute atomic E-state index is 0.437. The molecule has 0 radical (unpaired) electrons. The standard InChI is InChI=1S/C16H18O2S/c1-11-7-5-8-12(2)15(11)19(17,18)16-13(3)9-6-10-14(16)4/h5-10H,1-4H3.